The SMILES string of the molecule is CCCCCCCCCCCCCCC(O)C(OCC(O)CO)(C(=O)CCCCC)C(=O)CCCCC. The van der Waals surface area contributed by atoms with Crippen LogP contribution in [0.15, 0.2) is 0 Å². The molecule has 0 heterocycles. The lowest BCUT2D eigenvalue weighted by Crippen LogP contribution is -2.59. The van der Waals surface area contributed by atoms with Crippen molar-refractivity contribution in [2.45, 2.75) is 173 Å². The van der Waals surface area contributed by atoms with E-state index in [0.717, 1.165) is 44.9 Å². The molecule has 0 amide bonds. The summed E-state index contributed by atoms with van der Waals surface area (Å²) in [6, 6.07) is 0. The smallest absolute Gasteiger partial charge is 0.210 e. The molecular formula is C31H60O6. The van der Waals surface area contributed by atoms with Crippen molar-refractivity contribution in [3.05, 3.63) is 0 Å². The number of ether oxygens (including phenoxy) is 1. The van der Waals surface area contributed by atoms with Crippen molar-refractivity contribution in [3.63, 3.8) is 0 Å². The molecule has 220 valence electrons. The van der Waals surface area contributed by atoms with E-state index in [9.17, 15) is 24.9 Å². The van der Waals surface area contributed by atoms with Gasteiger partial charge in [0.1, 0.15) is 6.10 Å². The summed E-state index contributed by atoms with van der Waals surface area (Å²) in [6.07, 6.45) is 17.4. The number of aliphatic hydroxyl groups excluding tert-OH is 3. The number of ketones is 2. The normalized spacial score (nSPS) is 13.6. The van der Waals surface area contributed by atoms with Crippen LogP contribution in [-0.2, 0) is 14.3 Å². The molecule has 2 atom stereocenters. The van der Waals surface area contributed by atoms with Crippen LogP contribution in [0.25, 0.3) is 0 Å². The minimum atomic E-state index is -1.95. The Labute approximate surface area is 228 Å². The second kappa shape index (κ2) is 24.2. The maximum Gasteiger partial charge on any atom is 0.210 e. The number of aliphatic hydroxyl groups is 3. The second-order valence-corrected chi connectivity index (χ2v) is 10.8. The Bertz CT molecular complexity index is 528. The highest BCUT2D eigenvalue weighted by molar-refractivity contribution is 6.11. The highest BCUT2D eigenvalue weighted by atomic mass is 16.5. The number of rotatable bonds is 28. The average Bonchev–Trinajstić information content (AvgIpc) is 2.89. The van der Waals surface area contributed by atoms with E-state index in [0.29, 0.717) is 19.3 Å². The molecule has 3 N–H and O–H groups in total. The van der Waals surface area contributed by atoms with Gasteiger partial charge in [-0.2, -0.15) is 0 Å². The third-order valence-electron chi connectivity index (χ3n) is 7.36. The van der Waals surface area contributed by atoms with Crippen LogP contribution >= 0.6 is 0 Å². The van der Waals surface area contributed by atoms with Crippen LogP contribution < -0.4 is 0 Å². The zero-order chi connectivity index (χ0) is 27.8. The summed E-state index contributed by atoms with van der Waals surface area (Å²) in [4.78, 5) is 26.9. The van der Waals surface area contributed by atoms with E-state index >= 15 is 0 Å². The Morgan fingerprint density at radius 2 is 1.00 bits per heavy atom. The van der Waals surface area contributed by atoms with Crippen molar-refractivity contribution in [2.24, 2.45) is 0 Å². The summed E-state index contributed by atoms with van der Waals surface area (Å²) < 4.78 is 5.83. The van der Waals surface area contributed by atoms with E-state index in [1.807, 2.05) is 13.8 Å². The average molecular weight is 529 g/mol. The third kappa shape index (κ3) is 16.0. The Balaban J connectivity index is 4.97. The second-order valence-electron chi connectivity index (χ2n) is 10.8. The minimum Gasteiger partial charge on any atom is -0.394 e. The third-order valence-corrected chi connectivity index (χ3v) is 7.36. The van der Waals surface area contributed by atoms with Gasteiger partial charge in [-0.1, -0.05) is 124 Å². The first kappa shape index (κ1) is 36.2. The Morgan fingerprint density at radius 1 is 0.622 bits per heavy atom. The highest BCUT2D eigenvalue weighted by Gasteiger charge is 2.51. The molecule has 0 aliphatic rings. The quantitative estimate of drug-likeness (QED) is 0.0758. The van der Waals surface area contributed by atoms with Crippen molar-refractivity contribution in [1.29, 1.82) is 0 Å². The zero-order valence-electron chi connectivity index (χ0n) is 24.5. The molecular weight excluding hydrogens is 468 g/mol. The molecule has 0 rings (SSSR count). The standard InChI is InChI=1S/C31H60O6/c1-4-7-10-11-12-13-14-15-16-17-18-21-24-30(36)31(37-26-27(33)25-32,28(34)22-19-8-5-2)29(35)23-20-9-6-3/h27,30,32-33,36H,4-26H2,1-3H3. The van der Waals surface area contributed by atoms with Crippen LogP contribution in [-0.4, -0.2) is 57.9 Å². The molecule has 0 aliphatic heterocycles. The Morgan fingerprint density at radius 3 is 1.41 bits per heavy atom. The van der Waals surface area contributed by atoms with E-state index in [2.05, 4.69) is 6.92 Å². The molecule has 6 nitrogen and oxygen atoms in total. The predicted molar refractivity (Wildman–Crippen MR) is 152 cm³/mol. The molecule has 0 fully saturated rings. The lowest BCUT2D eigenvalue weighted by atomic mass is 9.80. The van der Waals surface area contributed by atoms with Gasteiger partial charge in [0, 0.05) is 12.8 Å². The monoisotopic (exact) mass is 528 g/mol. The largest absolute Gasteiger partial charge is 0.394 e. The highest BCUT2D eigenvalue weighted by Crippen LogP contribution is 2.29. The van der Waals surface area contributed by atoms with Gasteiger partial charge in [0.15, 0.2) is 11.6 Å². The first-order valence-corrected chi connectivity index (χ1v) is 15.6. The maximum atomic E-state index is 13.4. The lowest BCUT2D eigenvalue weighted by molar-refractivity contribution is -0.180. The number of carbonyl (C=O) groups is 2. The molecule has 2 unspecified atom stereocenters. The molecule has 0 radical (unpaired) electrons. The molecule has 0 bridgehead atoms. The molecule has 0 aromatic carbocycles. The van der Waals surface area contributed by atoms with Gasteiger partial charge in [-0.3, -0.25) is 9.59 Å². The van der Waals surface area contributed by atoms with Crippen LogP contribution in [0.5, 0.6) is 0 Å². The molecule has 0 aliphatic carbocycles. The summed E-state index contributed by atoms with van der Waals surface area (Å²) in [6.45, 7) is 5.45. The first-order valence-electron chi connectivity index (χ1n) is 15.6. The molecule has 37 heavy (non-hydrogen) atoms. The summed E-state index contributed by atoms with van der Waals surface area (Å²) in [5, 5.41) is 30.4. The van der Waals surface area contributed by atoms with Gasteiger partial charge >= 0.3 is 0 Å². The van der Waals surface area contributed by atoms with E-state index in [1.165, 1.54) is 57.8 Å². The predicted octanol–water partition coefficient (Wildman–Crippen LogP) is 6.85. The molecule has 0 saturated carbocycles. The lowest BCUT2D eigenvalue weighted by Gasteiger charge is -2.36. The fourth-order valence-electron chi connectivity index (χ4n) is 4.89. The summed E-state index contributed by atoms with van der Waals surface area (Å²) in [7, 11) is 0. The number of unbranched alkanes of at least 4 members (excludes halogenated alkanes) is 15. The van der Waals surface area contributed by atoms with E-state index in [1.54, 1.807) is 0 Å². The van der Waals surface area contributed by atoms with Gasteiger partial charge in [-0.25, -0.2) is 0 Å². The van der Waals surface area contributed by atoms with Crippen molar-refractivity contribution in [1.82, 2.24) is 0 Å². The molecule has 6 heteroatoms. The first-order chi connectivity index (χ1) is 17.9. The van der Waals surface area contributed by atoms with Crippen molar-refractivity contribution in [3.8, 4) is 0 Å². The van der Waals surface area contributed by atoms with Crippen LogP contribution in [0.4, 0.5) is 0 Å². The van der Waals surface area contributed by atoms with Crippen LogP contribution in [0.2, 0.25) is 0 Å². The molecule has 0 saturated heterocycles. The summed E-state index contributed by atoms with van der Waals surface area (Å²) in [5.41, 5.74) is -1.95. The number of hydrogen-bond donors (Lipinski definition) is 3. The Hall–Kier alpha value is -0.820. The fraction of sp³-hybridized carbons (Fsp3) is 0.935. The molecule has 0 aromatic rings. The van der Waals surface area contributed by atoms with Crippen molar-refractivity contribution < 1.29 is 29.6 Å². The van der Waals surface area contributed by atoms with Gasteiger partial charge in [0.25, 0.3) is 0 Å². The Kier molecular flexibility index (Phi) is 23.7. The minimum absolute atomic E-state index is 0.165. The van der Waals surface area contributed by atoms with Crippen LogP contribution in [0.3, 0.4) is 0 Å². The van der Waals surface area contributed by atoms with Gasteiger partial charge in [-0.05, 0) is 19.3 Å². The van der Waals surface area contributed by atoms with Gasteiger partial charge in [0.05, 0.1) is 19.3 Å². The van der Waals surface area contributed by atoms with Crippen LogP contribution in [0, 0.1) is 0 Å². The van der Waals surface area contributed by atoms with Crippen molar-refractivity contribution in [2.75, 3.05) is 13.2 Å². The number of carbonyl (C=O) groups excluding carboxylic acids is 2. The van der Waals surface area contributed by atoms with E-state index in [-0.39, 0.29) is 31.0 Å². The number of Topliss-reactive ketones (excluding diaryl/α,β-unsaturated/α-hetero) is 2. The molecule has 0 aromatic heterocycles. The number of hydrogen-bond acceptors (Lipinski definition) is 6. The fourth-order valence-corrected chi connectivity index (χ4v) is 4.89. The zero-order valence-corrected chi connectivity index (χ0v) is 24.5. The topological polar surface area (TPSA) is 104 Å². The van der Waals surface area contributed by atoms with Crippen molar-refractivity contribution >= 4 is 11.6 Å². The maximum absolute atomic E-state index is 13.4. The van der Waals surface area contributed by atoms with Gasteiger partial charge < -0.3 is 20.1 Å². The van der Waals surface area contributed by atoms with E-state index < -0.39 is 24.4 Å². The van der Waals surface area contributed by atoms with Gasteiger partial charge in [0.2, 0.25) is 5.60 Å². The van der Waals surface area contributed by atoms with Crippen LogP contribution in [0.1, 0.15) is 156 Å². The van der Waals surface area contributed by atoms with E-state index in [4.69, 9.17) is 4.74 Å². The summed E-state index contributed by atoms with van der Waals surface area (Å²) in [5.74, 6) is -0.780. The summed E-state index contributed by atoms with van der Waals surface area (Å²) >= 11 is 0. The molecule has 0 spiro atoms. The van der Waals surface area contributed by atoms with Gasteiger partial charge in [-0.15, -0.1) is 0 Å².